The topological polar surface area (TPSA) is 134 Å². The lowest BCUT2D eigenvalue weighted by molar-refractivity contribution is -0.120. The standard InChI is InChI=1S/C17H31N5O5/c1-4-6-7-22-15(18)14(16(25)19-17(22)26)21(9-11-27-3)13(24)12-20(5-2)8-10-23/h23H,4-12,18H2,1-3H3,(H,19,25,26). The predicted octanol–water partition coefficient (Wildman–Crippen LogP) is -0.787. The van der Waals surface area contributed by atoms with Crippen molar-refractivity contribution in [2.75, 3.05) is 57.1 Å². The minimum atomic E-state index is -0.708. The van der Waals surface area contributed by atoms with Crippen LogP contribution in [0, 0.1) is 0 Å². The van der Waals surface area contributed by atoms with Crippen LogP contribution in [0.1, 0.15) is 26.7 Å². The van der Waals surface area contributed by atoms with Gasteiger partial charge in [0.05, 0.1) is 19.8 Å². The summed E-state index contributed by atoms with van der Waals surface area (Å²) in [5.74, 6) is -0.396. The minimum absolute atomic E-state index is 0.00768. The highest BCUT2D eigenvalue weighted by atomic mass is 16.5. The summed E-state index contributed by atoms with van der Waals surface area (Å²) in [6.07, 6.45) is 1.56. The molecule has 1 rings (SSSR count). The van der Waals surface area contributed by atoms with Gasteiger partial charge in [0.1, 0.15) is 5.82 Å². The van der Waals surface area contributed by atoms with Gasteiger partial charge in [-0.25, -0.2) is 4.79 Å². The van der Waals surface area contributed by atoms with E-state index in [2.05, 4.69) is 4.98 Å². The maximum atomic E-state index is 12.9. The summed E-state index contributed by atoms with van der Waals surface area (Å²) in [5.41, 5.74) is 4.76. The second-order valence-corrected chi connectivity index (χ2v) is 6.13. The van der Waals surface area contributed by atoms with Gasteiger partial charge in [-0.1, -0.05) is 20.3 Å². The number of likely N-dealkylation sites (N-methyl/N-ethyl adjacent to an activating group) is 1. The summed E-state index contributed by atoms with van der Waals surface area (Å²) in [6, 6.07) is 0. The number of aromatic amines is 1. The SMILES string of the molecule is CCCCn1c(N)c(N(CCOC)C(=O)CN(CC)CCO)c(=O)[nH]c1=O. The molecule has 1 heterocycles. The van der Waals surface area contributed by atoms with E-state index in [1.807, 2.05) is 13.8 Å². The minimum Gasteiger partial charge on any atom is -0.395 e. The number of unbranched alkanes of at least 4 members (excludes halogenated alkanes) is 1. The normalized spacial score (nSPS) is 11.1. The van der Waals surface area contributed by atoms with Gasteiger partial charge < -0.3 is 20.5 Å². The first-order valence-corrected chi connectivity index (χ1v) is 9.16. The molecule has 1 aromatic heterocycles. The molecule has 0 saturated heterocycles. The van der Waals surface area contributed by atoms with Crippen LogP contribution in [0.15, 0.2) is 9.59 Å². The quantitative estimate of drug-likeness (QED) is 0.429. The molecule has 1 amide bonds. The zero-order chi connectivity index (χ0) is 20.4. The zero-order valence-electron chi connectivity index (χ0n) is 16.4. The summed E-state index contributed by atoms with van der Waals surface area (Å²) in [5, 5.41) is 9.12. The van der Waals surface area contributed by atoms with Gasteiger partial charge in [0.2, 0.25) is 5.91 Å². The Labute approximate surface area is 158 Å². The second-order valence-electron chi connectivity index (χ2n) is 6.13. The lowest BCUT2D eigenvalue weighted by atomic mass is 10.3. The molecule has 0 saturated carbocycles. The van der Waals surface area contributed by atoms with Gasteiger partial charge in [-0.2, -0.15) is 0 Å². The monoisotopic (exact) mass is 385 g/mol. The molecule has 10 nitrogen and oxygen atoms in total. The number of aliphatic hydroxyl groups excluding tert-OH is 1. The molecule has 0 aliphatic heterocycles. The van der Waals surface area contributed by atoms with Crippen molar-refractivity contribution in [3.05, 3.63) is 20.8 Å². The lowest BCUT2D eigenvalue weighted by Gasteiger charge is -2.27. The smallest absolute Gasteiger partial charge is 0.330 e. The Kier molecular flexibility index (Phi) is 9.76. The van der Waals surface area contributed by atoms with E-state index in [1.54, 1.807) is 4.90 Å². The third-order valence-corrected chi connectivity index (χ3v) is 4.26. The van der Waals surface area contributed by atoms with Crippen LogP contribution >= 0.6 is 0 Å². The number of methoxy groups -OCH3 is 1. The molecular formula is C17H31N5O5. The molecule has 0 aliphatic carbocycles. The number of nitrogen functional groups attached to an aromatic ring is 1. The molecule has 0 spiro atoms. The average molecular weight is 385 g/mol. The summed E-state index contributed by atoms with van der Waals surface area (Å²) in [4.78, 5) is 42.6. The molecular weight excluding hydrogens is 354 g/mol. The molecule has 0 aliphatic rings. The molecule has 0 bridgehead atoms. The number of carbonyl (C=O) groups is 1. The van der Waals surface area contributed by atoms with Crippen molar-refractivity contribution in [2.45, 2.75) is 33.2 Å². The van der Waals surface area contributed by atoms with Gasteiger partial charge in [0.15, 0.2) is 5.69 Å². The summed E-state index contributed by atoms with van der Waals surface area (Å²) in [7, 11) is 1.49. The number of nitrogens with two attached hydrogens (primary N) is 1. The van der Waals surface area contributed by atoms with Gasteiger partial charge >= 0.3 is 5.69 Å². The molecule has 10 heteroatoms. The Hall–Kier alpha value is -2.17. The summed E-state index contributed by atoms with van der Waals surface area (Å²) in [6.45, 7) is 5.34. The van der Waals surface area contributed by atoms with Gasteiger partial charge in [-0.15, -0.1) is 0 Å². The fourth-order valence-electron chi connectivity index (χ4n) is 2.69. The van der Waals surface area contributed by atoms with Crippen molar-refractivity contribution in [1.82, 2.24) is 14.5 Å². The van der Waals surface area contributed by atoms with Crippen LogP contribution < -0.4 is 21.9 Å². The van der Waals surface area contributed by atoms with Gasteiger partial charge in [0, 0.05) is 26.7 Å². The van der Waals surface area contributed by atoms with E-state index < -0.39 is 11.2 Å². The van der Waals surface area contributed by atoms with Crippen molar-refractivity contribution in [3.63, 3.8) is 0 Å². The zero-order valence-corrected chi connectivity index (χ0v) is 16.4. The highest BCUT2D eigenvalue weighted by Gasteiger charge is 2.25. The number of aliphatic hydroxyl groups is 1. The number of hydrogen-bond donors (Lipinski definition) is 3. The molecule has 0 atom stereocenters. The third kappa shape index (κ3) is 6.19. The first-order valence-electron chi connectivity index (χ1n) is 9.16. The largest absolute Gasteiger partial charge is 0.395 e. The number of nitrogens with zero attached hydrogens (tertiary/aromatic N) is 3. The van der Waals surface area contributed by atoms with Crippen molar-refractivity contribution >= 4 is 17.4 Å². The van der Waals surface area contributed by atoms with E-state index in [-0.39, 0.29) is 43.7 Å². The van der Waals surface area contributed by atoms with Crippen LogP contribution in [0.3, 0.4) is 0 Å². The van der Waals surface area contributed by atoms with E-state index in [0.29, 0.717) is 26.1 Å². The van der Waals surface area contributed by atoms with Crippen molar-refractivity contribution < 1.29 is 14.6 Å². The molecule has 1 aromatic rings. The van der Waals surface area contributed by atoms with E-state index in [9.17, 15) is 14.4 Å². The van der Waals surface area contributed by atoms with Crippen LogP contribution in [-0.4, -0.2) is 72.0 Å². The first-order chi connectivity index (χ1) is 12.9. The van der Waals surface area contributed by atoms with Gasteiger partial charge in [0.25, 0.3) is 5.56 Å². The van der Waals surface area contributed by atoms with Crippen LogP contribution in [0.2, 0.25) is 0 Å². The Bertz CT molecular complexity index is 715. The Morgan fingerprint density at radius 1 is 1.30 bits per heavy atom. The molecule has 0 radical (unpaired) electrons. The van der Waals surface area contributed by atoms with Crippen LogP contribution in [0.25, 0.3) is 0 Å². The molecule has 0 fully saturated rings. The fraction of sp³-hybridized carbons (Fsp3) is 0.706. The highest BCUT2D eigenvalue weighted by Crippen LogP contribution is 2.17. The number of amides is 1. The van der Waals surface area contributed by atoms with Gasteiger partial charge in [-0.3, -0.25) is 24.0 Å². The number of nitrogens with one attached hydrogen (secondary N) is 1. The average Bonchev–Trinajstić information content (AvgIpc) is 2.63. The maximum Gasteiger partial charge on any atom is 0.330 e. The number of anilines is 2. The Morgan fingerprint density at radius 3 is 2.56 bits per heavy atom. The molecule has 0 unspecified atom stereocenters. The van der Waals surface area contributed by atoms with E-state index in [1.165, 1.54) is 16.6 Å². The second kappa shape index (κ2) is 11.5. The predicted molar refractivity (Wildman–Crippen MR) is 104 cm³/mol. The van der Waals surface area contributed by atoms with Crippen LogP contribution in [0.4, 0.5) is 11.5 Å². The molecule has 0 aromatic carbocycles. The molecule has 27 heavy (non-hydrogen) atoms. The number of H-pyrrole nitrogens is 1. The third-order valence-electron chi connectivity index (χ3n) is 4.26. The molecule has 4 N–H and O–H groups in total. The Morgan fingerprint density at radius 2 is 2.00 bits per heavy atom. The highest BCUT2D eigenvalue weighted by molar-refractivity contribution is 5.96. The summed E-state index contributed by atoms with van der Waals surface area (Å²) >= 11 is 0. The van der Waals surface area contributed by atoms with Crippen molar-refractivity contribution in [2.24, 2.45) is 0 Å². The van der Waals surface area contributed by atoms with E-state index in [0.717, 1.165) is 6.42 Å². The fourth-order valence-corrected chi connectivity index (χ4v) is 2.69. The van der Waals surface area contributed by atoms with Crippen molar-refractivity contribution in [1.29, 1.82) is 0 Å². The van der Waals surface area contributed by atoms with E-state index >= 15 is 0 Å². The Balaban J connectivity index is 3.31. The lowest BCUT2D eigenvalue weighted by Crippen LogP contribution is -2.46. The first kappa shape index (κ1) is 22.9. The van der Waals surface area contributed by atoms with Crippen molar-refractivity contribution in [3.8, 4) is 0 Å². The number of ether oxygens (including phenoxy) is 1. The maximum absolute atomic E-state index is 12.9. The number of hydrogen-bond acceptors (Lipinski definition) is 7. The summed E-state index contributed by atoms with van der Waals surface area (Å²) < 4.78 is 6.33. The van der Waals surface area contributed by atoms with Crippen LogP contribution in [0.5, 0.6) is 0 Å². The number of carbonyl (C=O) groups excluding carboxylic acids is 1. The molecule has 154 valence electrons. The number of aromatic nitrogens is 2. The number of rotatable bonds is 12. The van der Waals surface area contributed by atoms with E-state index in [4.69, 9.17) is 15.6 Å². The van der Waals surface area contributed by atoms with Gasteiger partial charge in [-0.05, 0) is 13.0 Å². The van der Waals surface area contributed by atoms with Crippen LogP contribution in [-0.2, 0) is 16.1 Å².